The standard InChI is InChI=1S/C17H21N3O3/c1-17(2,3)13-10-12(14(19-13)15(21)23-4)20(16(18)22)11-8-6-5-7-9-11/h5-10,19H,1-4H3,(H2,18,22). The van der Waals surface area contributed by atoms with Crippen molar-refractivity contribution >= 4 is 23.4 Å². The van der Waals surface area contributed by atoms with Gasteiger partial charge in [0.2, 0.25) is 0 Å². The Labute approximate surface area is 135 Å². The lowest BCUT2D eigenvalue weighted by Gasteiger charge is -2.20. The van der Waals surface area contributed by atoms with E-state index in [1.54, 1.807) is 30.3 Å². The molecule has 0 atom stereocenters. The number of anilines is 2. The first-order valence-corrected chi connectivity index (χ1v) is 7.22. The van der Waals surface area contributed by atoms with E-state index in [0.717, 1.165) is 5.69 Å². The van der Waals surface area contributed by atoms with Gasteiger partial charge in [0.15, 0.2) is 0 Å². The molecule has 0 saturated carbocycles. The lowest BCUT2D eigenvalue weighted by atomic mass is 9.92. The maximum atomic E-state index is 12.1. The summed E-state index contributed by atoms with van der Waals surface area (Å²) in [5.74, 6) is -0.558. The number of ether oxygens (including phenoxy) is 1. The van der Waals surface area contributed by atoms with Gasteiger partial charge in [-0.2, -0.15) is 0 Å². The van der Waals surface area contributed by atoms with Gasteiger partial charge in [-0.15, -0.1) is 0 Å². The molecular weight excluding hydrogens is 294 g/mol. The van der Waals surface area contributed by atoms with Gasteiger partial charge in [0.25, 0.3) is 0 Å². The second-order valence-electron chi connectivity index (χ2n) is 6.19. The number of H-pyrrole nitrogens is 1. The largest absolute Gasteiger partial charge is 0.464 e. The van der Waals surface area contributed by atoms with Crippen LogP contribution in [0.4, 0.5) is 16.2 Å². The predicted octanol–water partition coefficient (Wildman–Crippen LogP) is 3.32. The van der Waals surface area contributed by atoms with Crippen molar-refractivity contribution in [2.45, 2.75) is 26.2 Å². The van der Waals surface area contributed by atoms with Crippen LogP contribution in [0.25, 0.3) is 0 Å². The van der Waals surface area contributed by atoms with Crippen molar-refractivity contribution in [2.24, 2.45) is 5.73 Å². The number of hydrogen-bond donors (Lipinski definition) is 2. The number of para-hydroxylation sites is 1. The average molecular weight is 315 g/mol. The number of rotatable bonds is 3. The normalized spacial score (nSPS) is 11.1. The topological polar surface area (TPSA) is 88.4 Å². The average Bonchev–Trinajstić information content (AvgIpc) is 2.92. The van der Waals surface area contributed by atoms with Crippen LogP contribution >= 0.6 is 0 Å². The molecule has 0 unspecified atom stereocenters. The van der Waals surface area contributed by atoms with E-state index >= 15 is 0 Å². The summed E-state index contributed by atoms with van der Waals surface area (Å²) >= 11 is 0. The number of amides is 2. The minimum Gasteiger partial charge on any atom is -0.464 e. The number of benzene rings is 1. The Morgan fingerprint density at radius 2 is 1.78 bits per heavy atom. The van der Waals surface area contributed by atoms with Crippen molar-refractivity contribution in [1.29, 1.82) is 0 Å². The molecule has 0 fully saturated rings. The number of nitrogens with one attached hydrogen (secondary N) is 1. The highest BCUT2D eigenvalue weighted by Crippen LogP contribution is 2.33. The number of aromatic amines is 1. The van der Waals surface area contributed by atoms with Crippen LogP contribution in [-0.4, -0.2) is 24.1 Å². The van der Waals surface area contributed by atoms with Gasteiger partial charge in [-0.1, -0.05) is 39.0 Å². The van der Waals surface area contributed by atoms with Crippen LogP contribution in [0.1, 0.15) is 37.0 Å². The number of nitrogens with two attached hydrogens (primary N) is 1. The molecule has 0 bridgehead atoms. The summed E-state index contributed by atoms with van der Waals surface area (Å²) in [7, 11) is 1.29. The molecule has 122 valence electrons. The van der Waals surface area contributed by atoms with E-state index in [1.165, 1.54) is 12.0 Å². The van der Waals surface area contributed by atoms with Crippen molar-refractivity contribution in [1.82, 2.24) is 4.98 Å². The molecule has 0 spiro atoms. The Balaban J connectivity index is 2.65. The van der Waals surface area contributed by atoms with Crippen LogP contribution in [-0.2, 0) is 10.2 Å². The van der Waals surface area contributed by atoms with Gasteiger partial charge >= 0.3 is 12.0 Å². The van der Waals surface area contributed by atoms with Crippen molar-refractivity contribution in [3.8, 4) is 0 Å². The number of primary amides is 1. The third-order valence-electron chi connectivity index (χ3n) is 3.47. The zero-order chi connectivity index (χ0) is 17.2. The molecule has 2 aromatic rings. The van der Waals surface area contributed by atoms with Crippen molar-refractivity contribution < 1.29 is 14.3 Å². The van der Waals surface area contributed by atoms with Crippen LogP contribution in [0.5, 0.6) is 0 Å². The fourth-order valence-corrected chi connectivity index (χ4v) is 2.24. The summed E-state index contributed by atoms with van der Waals surface area (Å²) in [4.78, 5) is 28.4. The van der Waals surface area contributed by atoms with Gasteiger partial charge in [0.05, 0.1) is 18.5 Å². The van der Waals surface area contributed by atoms with Gasteiger partial charge in [-0.25, -0.2) is 9.59 Å². The van der Waals surface area contributed by atoms with Gasteiger partial charge in [0, 0.05) is 11.1 Å². The third-order valence-corrected chi connectivity index (χ3v) is 3.47. The summed E-state index contributed by atoms with van der Waals surface area (Å²) in [5.41, 5.74) is 7.26. The van der Waals surface area contributed by atoms with Gasteiger partial charge in [0.1, 0.15) is 5.69 Å². The molecule has 6 heteroatoms. The SMILES string of the molecule is COC(=O)c1[nH]c(C(C)(C)C)cc1N(C(N)=O)c1ccccc1. The van der Waals surface area contributed by atoms with Gasteiger partial charge in [-0.05, 0) is 18.2 Å². The molecule has 1 heterocycles. The molecule has 2 rings (SSSR count). The summed E-state index contributed by atoms with van der Waals surface area (Å²) in [5, 5.41) is 0. The molecule has 0 radical (unpaired) electrons. The first-order chi connectivity index (χ1) is 10.8. The zero-order valence-electron chi connectivity index (χ0n) is 13.7. The summed E-state index contributed by atoms with van der Waals surface area (Å²) < 4.78 is 4.82. The molecule has 0 aliphatic carbocycles. The Kier molecular flexibility index (Phi) is 4.45. The first-order valence-electron chi connectivity index (χ1n) is 7.22. The number of esters is 1. The highest BCUT2D eigenvalue weighted by Gasteiger charge is 2.28. The maximum absolute atomic E-state index is 12.1. The number of urea groups is 1. The molecule has 23 heavy (non-hydrogen) atoms. The number of nitrogens with zero attached hydrogens (tertiary/aromatic N) is 1. The van der Waals surface area contributed by atoms with Crippen molar-refractivity contribution in [3.63, 3.8) is 0 Å². The lowest BCUT2D eigenvalue weighted by Crippen LogP contribution is -2.32. The van der Waals surface area contributed by atoms with Crippen LogP contribution in [0.2, 0.25) is 0 Å². The van der Waals surface area contributed by atoms with E-state index in [4.69, 9.17) is 10.5 Å². The Bertz CT molecular complexity index is 714. The lowest BCUT2D eigenvalue weighted by molar-refractivity contribution is 0.0595. The number of aromatic nitrogens is 1. The quantitative estimate of drug-likeness (QED) is 0.852. The molecule has 0 aliphatic heterocycles. The molecular formula is C17H21N3O3. The molecule has 1 aromatic heterocycles. The van der Waals surface area contributed by atoms with Crippen LogP contribution in [0, 0.1) is 0 Å². The molecule has 0 aliphatic rings. The van der Waals surface area contributed by atoms with Crippen LogP contribution < -0.4 is 10.6 Å². The Hall–Kier alpha value is -2.76. The number of carbonyl (C=O) groups is 2. The van der Waals surface area contributed by atoms with E-state index in [-0.39, 0.29) is 11.1 Å². The van der Waals surface area contributed by atoms with Crippen LogP contribution in [0.3, 0.4) is 0 Å². The number of methoxy groups -OCH3 is 1. The van der Waals surface area contributed by atoms with E-state index in [0.29, 0.717) is 11.4 Å². The monoisotopic (exact) mass is 315 g/mol. The number of carbonyl (C=O) groups excluding carboxylic acids is 2. The third kappa shape index (κ3) is 3.36. The van der Waals surface area contributed by atoms with E-state index < -0.39 is 12.0 Å². The molecule has 3 N–H and O–H groups in total. The first kappa shape index (κ1) is 16.6. The van der Waals surface area contributed by atoms with Crippen LogP contribution in [0.15, 0.2) is 36.4 Å². The fraction of sp³-hybridized carbons (Fsp3) is 0.294. The van der Waals surface area contributed by atoms with E-state index in [2.05, 4.69) is 4.98 Å². The smallest absolute Gasteiger partial charge is 0.356 e. The highest BCUT2D eigenvalue weighted by atomic mass is 16.5. The number of hydrogen-bond acceptors (Lipinski definition) is 3. The van der Waals surface area contributed by atoms with Crippen molar-refractivity contribution in [2.75, 3.05) is 12.0 Å². The Morgan fingerprint density at radius 3 is 2.26 bits per heavy atom. The van der Waals surface area contributed by atoms with Crippen molar-refractivity contribution in [3.05, 3.63) is 47.8 Å². The Morgan fingerprint density at radius 1 is 1.17 bits per heavy atom. The molecule has 1 aromatic carbocycles. The molecule has 2 amide bonds. The second-order valence-corrected chi connectivity index (χ2v) is 6.19. The maximum Gasteiger partial charge on any atom is 0.356 e. The summed E-state index contributed by atoms with van der Waals surface area (Å²) in [6.45, 7) is 6.00. The summed E-state index contributed by atoms with van der Waals surface area (Å²) in [6, 6.07) is 9.98. The second kappa shape index (κ2) is 6.16. The van der Waals surface area contributed by atoms with E-state index in [1.807, 2.05) is 26.8 Å². The molecule has 0 saturated heterocycles. The van der Waals surface area contributed by atoms with Gasteiger partial charge in [-0.3, -0.25) is 4.90 Å². The molecule has 6 nitrogen and oxygen atoms in total. The van der Waals surface area contributed by atoms with E-state index in [9.17, 15) is 9.59 Å². The predicted molar refractivity (Wildman–Crippen MR) is 89.0 cm³/mol. The fourth-order valence-electron chi connectivity index (χ4n) is 2.24. The minimum atomic E-state index is -0.680. The minimum absolute atomic E-state index is 0.195. The highest BCUT2D eigenvalue weighted by molar-refractivity contribution is 6.05. The zero-order valence-corrected chi connectivity index (χ0v) is 13.7. The van der Waals surface area contributed by atoms with Gasteiger partial charge < -0.3 is 15.5 Å². The summed E-state index contributed by atoms with van der Waals surface area (Å²) in [6.07, 6.45) is 0.